The van der Waals surface area contributed by atoms with Crippen LogP contribution in [0.3, 0.4) is 0 Å². The minimum atomic E-state index is -0.886. The number of carbonyl (C=O) groups is 2. The number of carbonyl (C=O) groups excluding carboxylic acids is 2. The largest absolute Gasteiger partial charge is 0.468 e. The molecule has 0 aliphatic carbocycles. The molecule has 0 aromatic heterocycles. The molecule has 2 aliphatic heterocycles. The highest BCUT2D eigenvalue weighted by Gasteiger charge is 2.50. The summed E-state index contributed by atoms with van der Waals surface area (Å²) in [6.07, 6.45) is 1.64. The predicted octanol–water partition coefficient (Wildman–Crippen LogP) is 1.80. The Morgan fingerprint density at radius 3 is 2.64 bits per heavy atom. The van der Waals surface area contributed by atoms with Crippen molar-refractivity contribution >= 4 is 29.8 Å². The minimum absolute atomic E-state index is 0.0647. The molecule has 0 unspecified atom stereocenters. The van der Waals surface area contributed by atoms with Crippen molar-refractivity contribution in [3.8, 4) is 0 Å². The second-order valence-corrected chi connectivity index (χ2v) is 5.22. The first-order chi connectivity index (χ1) is 10.6. The molecule has 0 fully saturated rings. The lowest BCUT2D eigenvalue weighted by molar-refractivity contribution is -0.148. The van der Waals surface area contributed by atoms with E-state index in [4.69, 9.17) is 21.1 Å². The average Bonchev–Trinajstić information content (AvgIpc) is 2.86. The Bertz CT molecular complexity index is 713. The molecule has 2 aliphatic rings. The third kappa shape index (κ3) is 1.99. The topological polar surface area (TPSA) is 68.2 Å². The van der Waals surface area contributed by atoms with E-state index in [0.717, 1.165) is 11.1 Å². The molecule has 2 heterocycles. The number of hydrazone groups is 1. The molecule has 2 atom stereocenters. The van der Waals surface area contributed by atoms with Crippen molar-refractivity contribution in [3.63, 3.8) is 0 Å². The number of esters is 2. The van der Waals surface area contributed by atoms with Gasteiger partial charge >= 0.3 is 11.9 Å². The van der Waals surface area contributed by atoms with Crippen molar-refractivity contribution in [2.45, 2.75) is 6.04 Å². The van der Waals surface area contributed by atoms with Crippen LogP contribution in [0.25, 0.3) is 0 Å². The molecule has 0 spiro atoms. The van der Waals surface area contributed by atoms with Crippen LogP contribution in [-0.2, 0) is 19.1 Å². The second kappa shape index (κ2) is 5.46. The lowest BCUT2D eigenvalue weighted by atomic mass is 9.87. The van der Waals surface area contributed by atoms with Crippen LogP contribution in [0, 0.1) is 5.92 Å². The van der Waals surface area contributed by atoms with E-state index in [1.807, 2.05) is 24.3 Å². The van der Waals surface area contributed by atoms with Crippen LogP contribution in [0.5, 0.6) is 0 Å². The Labute approximate surface area is 131 Å². The third-order valence-corrected chi connectivity index (χ3v) is 4.19. The van der Waals surface area contributed by atoms with Gasteiger partial charge in [0.2, 0.25) is 0 Å². The molecular weight excluding hydrogens is 308 g/mol. The summed E-state index contributed by atoms with van der Waals surface area (Å²) in [5.41, 5.74) is 1.79. The number of benzene rings is 1. The lowest BCUT2D eigenvalue weighted by Crippen LogP contribution is -2.32. The van der Waals surface area contributed by atoms with E-state index in [1.54, 1.807) is 6.21 Å². The first-order valence-electron chi connectivity index (χ1n) is 6.58. The molecule has 22 heavy (non-hydrogen) atoms. The monoisotopic (exact) mass is 320 g/mol. The van der Waals surface area contributed by atoms with E-state index >= 15 is 0 Å². The number of methoxy groups -OCH3 is 2. The smallest absolute Gasteiger partial charge is 0.337 e. The zero-order valence-electron chi connectivity index (χ0n) is 11.9. The van der Waals surface area contributed by atoms with Gasteiger partial charge in [-0.2, -0.15) is 5.10 Å². The van der Waals surface area contributed by atoms with Gasteiger partial charge in [0.15, 0.2) is 0 Å². The third-order valence-electron chi connectivity index (χ3n) is 3.81. The van der Waals surface area contributed by atoms with Gasteiger partial charge in [-0.25, -0.2) is 9.80 Å². The van der Waals surface area contributed by atoms with Gasteiger partial charge in [-0.15, -0.1) is 0 Å². The molecule has 0 N–H and O–H groups in total. The molecule has 114 valence electrons. The van der Waals surface area contributed by atoms with Crippen molar-refractivity contribution < 1.29 is 19.1 Å². The maximum atomic E-state index is 12.3. The zero-order chi connectivity index (χ0) is 15.9. The Hall–Kier alpha value is -2.34. The molecule has 0 saturated carbocycles. The first kappa shape index (κ1) is 14.6. The highest BCUT2D eigenvalue weighted by molar-refractivity contribution is 6.32. The normalized spacial score (nSPS) is 22.2. The number of nitrogens with zero attached hydrogens (tertiary/aromatic N) is 2. The quantitative estimate of drug-likeness (QED) is 0.614. The standard InChI is InChI=1S/C15H13ClN2O4/c1-21-14(19)10-11(15(20)22-2)13(16)18-12(10)9-6-4-3-5-8(9)7-17-18/h3-7,10,12H,1-2H3/t10-,12-/m0/s1. The lowest BCUT2D eigenvalue weighted by Gasteiger charge is -2.30. The fraction of sp³-hybridized carbons (Fsp3) is 0.267. The Morgan fingerprint density at radius 1 is 1.23 bits per heavy atom. The van der Waals surface area contributed by atoms with Crippen molar-refractivity contribution in [1.29, 1.82) is 0 Å². The Kier molecular flexibility index (Phi) is 3.62. The molecule has 1 aromatic rings. The van der Waals surface area contributed by atoms with E-state index in [2.05, 4.69) is 5.10 Å². The van der Waals surface area contributed by atoms with Gasteiger partial charge in [0.1, 0.15) is 11.1 Å². The van der Waals surface area contributed by atoms with Crippen molar-refractivity contribution in [2.24, 2.45) is 11.0 Å². The molecular formula is C15H13ClN2O4. The maximum absolute atomic E-state index is 12.3. The summed E-state index contributed by atoms with van der Waals surface area (Å²) in [6, 6.07) is 6.97. The zero-order valence-corrected chi connectivity index (χ0v) is 12.7. The van der Waals surface area contributed by atoms with Crippen molar-refractivity contribution in [3.05, 3.63) is 46.1 Å². The first-order valence-corrected chi connectivity index (χ1v) is 6.96. The van der Waals surface area contributed by atoms with E-state index in [9.17, 15) is 9.59 Å². The molecule has 0 radical (unpaired) electrons. The van der Waals surface area contributed by atoms with Crippen LogP contribution in [-0.4, -0.2) is 37.4 Å². The summed E-state index contributed by atoms with van der Waals surface area (Å²) >= 11 is 6.27. The number of rotatable bonds is 2. The maximum Gasteiger partial charge on any atom is 0.337 e. The summed E-state index contributed by atoms with van der Waals surface area (Å²) in [5.74, 6) is -2.11. The fourth-order valence-electron chi connectivity index (χ4n) is 2.82. The predicted molar refractivity (Wildman–Crippen MR) is 79.0 cm³/mol. The van der Waals surface area contributed by atoms with E-state index in [-0.39, 0.29) is 10.7 Å². The van der Waals surface area contributed by atoms with Gasteiger partial charge in [-0.05, 0) is 11.1 Å². The van der Waals surface area contributed by atoms with Crippen LogP contribution in [0.1, 0.15) is 17.2 Å². The second-order valence-electron chi connectivity index (χ2n) is 4.86. The number of fused-ring (bicyclic) bond motifs is 3. The van der Waals surface area contributed by atoms with Gasteiger partial charge in [-0.1, -0.05) is 35.9 Å². The Morgan fingerprint density at radius 2 is 1.95 bits per heavy atom. The van der Waals surface area contributed by atoms with Crippen LogP contribution in [0.4, 0.5) is 0 Å². The minimum Gasteiger partial charge on any atom is -0.468 e. The van der Waals surface area contributed by atoms with Gasteiger partial charge < -0.3 is 9.47 Å². The van der Waals surface area contributed by atoms with Crippen LogP contribution < -0.4 is 0 Å². The summed E-state index contributed by atoms with van der Waals surface area (Å²) in [4.78, 5) is 24.3. The average molecular weight is 321 g/mol. The Balaban J connectivity index is 2.17. The van der Waals surface area contributed by atoms with Gasteiger partial charge in [0.05, 0.1) is 32.0 Å². The molecule has 0 bridgehead atoms. The van der Waals surface area contributed by atoms with E-state index in [0.29, 0.717) is 0 Å². The van der Waals surface area contributed by atoms with Crippen LogP contribution >= 0.6 is 11.6 Å². The van der Waals surface area contributed by atoms with Crippen LogP contribution in [0.15, 0.2) is 40.1 Å². The highest BCUT2D eigenvalue weighted by atomic mass is 35.5. The molecule has 1 aromatic carbocycles. The van der Waals surface area contributed by atoms with Gasteiger partial charge in [-0.3, -0.25) is 4.79 Å². The highest BCUT2D eigenvalue weighted by Crippen LogP contribution is 2.48. The number of hydrogen-bond donors (Lipinski definition) is 0. The number of hydrogen-bond acceptors (Lipinski definition) is 6. The molecule has 3 rings (SSSR count). The van der Waals surface area contributed by atoms with Crippen molar-refractivity contribution in [1.82, 2.24) is 5.01 Å². The molecule has 7 heteroatoms. The van der Waals surface area contributed by atoms with Crippen LogP contribution in [0.2, 0.25) is 0 Å². The summed E-state index contributed by atoms with van der Waals surface area (Å²) in [5, 5.41) is 5.79. The van der Waals surface area contributed by atoms with Crippen molar-refractivity contribution in [2.75, 3.05) is 14.2 Å². The summed E-state index contributed by atoms with van der Waals surface area (Å²) in [7, 11) is 2.51. The van der Waals surface area contributed by atoms with E-state index in [1.165, 1.54) is 19.2 Å². The molecule has 6 nitrogen and oxygen atoms in total. The van der Waals surface area contributed by atoms with Gasteiger partial charge in [0.25, 0.3) is 0 Å². The van der Waals surface area contributed by atoms with E-state index < -0.39 is 23.9 Å². The number of halogens is 1. The fourth-order valence-corrected chi connectivity index (χ4v) is 3.17. The summed E-state index contributed by atoms with van der Waals surface area (Å²) in [6.45, 7) is 0. The SMILES string of the molecule is COC(=O)C1=C(Cl)N2N=Cc3ccccc3[C@H]2[C@H]1C(=O)OC. The van der Waals surface area contributed by atoms with Gasteiger partial charge in [0, 0.05) is 0 Å². The molecule has 0 saturated heterocycles. The molecule has 0 amide bonds. The summed E-state index contributed by atoms with van der Waals surface area (Å²) < 4.78 is 9.61. The number of ether oxygens (including phenoxy) is 2.